The second kappa shape index (κ2) is 5.67. The maximum atomic E-state index is 11.6. The van der Waals surface area contributed by atoms with E-state index in [2.05, 4.69) is 10.0 Å². The highest BCUT2D eigenvalue weighted by atomic mass is 35.5. The summed E-state index contributed by atoms with van der Waals surface area (Å²) in [5.41, 5.74) is 0. The fourth-order valence-corrected chi connectivity index (χ4v) is 2.63. The monoisotopic (exact) mass is 266 g/mol. The van der Waals surface area contributed by atoms with Crippen molar-refractivity contribution >= 4 is 22.4 Å². The largest absolute Gasteiger partial charge is 0.452 e. The molecule has 0 aromatic carbocycles. The lowest BCUT2D eigenvalue weighted by Gasteiger charge is -2.10. The van der Waals surface area contributed by atoms with Crippen LogP contribution in [0.5, 0.6) is 0 Å². The summed E-state index contributed by atoms with van der Waals surface area (Å²) < 4.78 is 30.6. The zero-order chi connectivity index (χ0) is 10.7. The van der Waals surface area contributed by atoms with E-state index < -0.39 is 10.0 Å². The molecular weight excluding hydrogens is 252 g/mol. The fourth-order valence-electron chi connectivity index (χ4n) is 1.63. The molecule has 2 rings (SSSR count). The number of nitrogens with one attached hydrogen (secondary N) is 2. The molecular formula is C9H15ClN2O3S. The molecule has 0 bridgehead atoms. The van der Waals surface area contributed by atoms with Gasteiger partial charge < -0.3 is 9.73 Å². The fraction of sp³-hybridized carbons (Fsp3) is 0.556. The molecule has 1 aromatic heterocycles. The van der Waals surface area contributed by atoms with E-state index >= 15 is 0 Å². The van der Waals surface area contributed by atoms with Gasteiger partial charge in [0.15, 0.2) is 0 Å². The number of furan rings is 1. The number of hydrogen-bond acceptors (Lipinski definition) is 4. The molecule has 0 radical (unpaired) electrons. The Kier molecular flexibility index (Phi) is 4.79. The van der Waals surface area contributed by atoms with E-state index in [9.17, 15) is 8.42 Å². The molecule has 0 aliphatic carbocycles. The molecule has 2 N–H and O–H groups in total. The molecule has 0 amide bonds. The minimum Gasteiger partial charge on any atom is -0.452 e. The summed E-state index contributed by atoms with van der Waals surface area (Å²) in [6.07, 6.45) is 3.47. The summed E-state index contributed by atoms with van der Waals surface area (Å²) in [5.74, 6) is 0. The highest BCUT2D eigenvalue weighted by Crippen LogP contribution is 2.09. The number of halogens is 1. The van der Waals surface area contributed by atoms with Crippen LogP contribution in [0.2, 0.25) is 0 Å². The summed E-state index contributed by atoms with van der Waals surface area (Å²) in [6.45, 7) is 1.39. The average molecular weight is 267 g/mol. The zero-order valence-corrected chi connectivity index (χ0v) is 10.3. The maximum absolute atomic E-state index is 11.6. The van der Waals surface area contributed by atoms with Gasteiger partial charge in [-0.05, 0) is 31.5 Å². The summed E-state index contributed by atoms with van der Waals surface area (Å²) in [4.78, 5) is 0. The van der Waals surface area contributed by atoms with Crippen LogP contribution in [0.4, 0.5) is 0 Å². The van der Waals surface area contributed by atoms with Gasteiger partial charge in [0.1, 0.15) is 0 Å². The number of sulfonamides is 1. The second-order valence-electron chi connectivity index (χ2n) is 3.58. The Bertz CT molecular complexity index is 398. The van der Waals surface area contributed by atoms with E-state index in [0.29, 0.717) is 6.54 Å². The predicted octanol–water partition coefficient (Wildman–Crippen LogP) is 0.732. The number of hydrogen-bond donors (Lipinski definition) is 2. The van der Waals surface area contributed by atoms with Crippen LogP contribution < -0.4 is 10.0 Å². The van der Waals surface area contributed by atoms with Crippen LogP contribution in [0.25, 0.3) is 0 Å². The molecule has 2 heterocycles. The minimum atomic E-state index is -3.46. The first-order valence-electron chi connectivity index (χ1n) is 4.95. The molecule has 7 heteroatoms. The Balaban J connectivity index is 0.00000128. The van der Waals surface area contributed by atoms with Gasteiger partial charge in [0.25, 0.3) is 10.0 Å². The average Bonchev–Trinajstić information content (AvgIpc) is 2.88. The lowest BCUT2D eigenvalue weighted by molar-refractivity contribution is 0.443. The van der Waals surface area contributed by atoms with Gasteiger partial charge in [-0.2, -0.15) is 0 Å². The van der Waals surface area contributed by atoms with Crippen molar-refractivity contribution in [1.29, 1.82) is 0 Å². The molecule has 1 aliphatic heterocycles. The van der Waals surface area contributed by atoms with Gasteiger partial charge in [0.2, 0.25) is 5.09 Å². The molecule has 0 spiro atoms. The van der Waals surface area contributed by atoms with Crippen LogP contribution in [0, 0.1) is 0 Å². The first kappa shape index (κ1) is 13.5. The van der Waals surface area contributed by atoms with Gasteiger partial charge in [-0.3, -0.25) is 0 Å². The topological polar surface area (TPSA) is 71.3 Å². The van der Waals surface area contributed by atoms with E-state index in [0.717, 1.165) is 19.4 Å². The van der Waals surface area contributed by atoms with Crippen LogP contribution in [0.15, 0.2) is 27.9 Å². The Labute approximate surface area is 101 Å². The van der Waals surface area contributed by atoms with Crippen molar-refractivity contribution in [1.82, 2.24) is 10.0 Å². The van der Waals surface area contributed by atoms with E-state index in [4.69, 9.17) is 4.42 Å². The van der Waals surface area contributed by atoms with Gasteiger partial charge >= 0.3 is 0 Å². The second-order valence-corrected chi connectivity index (χ2v) is 5.28. The van der Waals surface area contributed by atoms with Crippen LogP contribution in [0.3, 0.4) is 0 Å². The summed E-state index contributed by atoms with van der Waals surface area (Å²) in [5, 5.41) is 3.19. The normalized spacial score (nSPS) is 20.6. The smallest absolute Gasteiger partial charge is 0.273 e. The van der Waals surface area contributed by atoms with E-state index in [1.54, 1.807) is 6.07 Å². The molecule has 92 valence electrons. The third kappa shape index (κ3) is 3.21. The number of rotatable bonds is 4. The predicted molar refractivity (Wildman–Crippen MR) is 62.2 cm³/mol. The quantitative estimate of drug-likeness (QED) is 0.843. The third-order valence-electron chi connectivity index (χ3n) is 2.44. The Morgan fingerprint density at radius 1 is 1.56 bits per heavy atom. The highest BCUT2D eigenvalue weighted by Gasteiger charge is 2.20. The van der Waals surface area contributed by atoms with Crippen molar-refractivity contribution in [2.24, 2.45) is 0 Å². The lowest BCUT2D eigenvalue weighted by Crippen LogP contribution is -2.36. The van der Waals surface area contributed by atoms with Gasteiger partial charge in [-0.15, -0.1) is 12.4 Å². The standard InChI is InChI=1S/C9H14N2O3S.ClH/c12-15(13,9-4-2-6-14-9)11-7-8-3-1-5-10-8;/h2,4,6,8,10-11H,1,3,5,7H2;1H. The first-order chi connectivity index (χ1) is 7.18. The van der Waals surface area contributed by atoms with E-state index in [1.165, 1.54) is 12.3 Å². The van der Waals surface area contributed by atoms with Gasteiger partial charge in [-0.25, -0.2) is 13.1 Å². The van der Waals surface area contributed by atoms with E-state index in [-0.39, 0.29) is 23.5 Å². The SMILES string of the molecule is Cl.O=S(=O)(NCC1CCCN1)c1ccco1. The Morgan fingerprint density at radius 2 is 2.38 bits per heavy atom. The van der Waals surface area contributed by atoms with Crippen molar-refractivity contribution in [3.8, 4) is 0 Å². The van der Waals surface area contributed by atoms with Gasteiger partial charge in [0, 0.05) is 12.6 Å². The molecule has 0 saturated carbocycles. The van der Waals surface area contributed by atoms with Crippen molar-refractivity contribution in [3.63, 3.8) is 0 Å². The van der Waals surface area contributed by atoms with Crippen molar-refractivity contribution < 1.29 is 12.8 Å². The first-order valence-corrected chi connectivity index (χ1v) is 6.43. The molecule has 16 heavy (non-hydrogen) atoms. The summed E-state index contributed by atoms with van der Waals surface area (Å²) in [7, 11) is -3.46. The lowest BCUT2D eigenvalue weighted by atomic mass is 10.2. The molecule has 1 saturated heterocycles. The molecule has 1 fully saturated rings. The Morgan fingerprint density at radius 3 is 2.94 bits per heavy atom. The minimum absolute atomic E-state index is 0. The zero-order valence-electron chi connectivity index (χ0n) is 8.68. The molecule has 5 nitrogen and oxygen atoms in total. The van der Waals surface area contributed by atoms with Crippen molar-refractivity contribution in [2.75, 3.05) is 13.1 Å². The summed E-state index contributed by atoms with van der Waals surface area (Å²) in [6, 6.07) is 3.24. The van der Waals surface area contributed by atoms with Crippen LogP contribution in [-0.4, -0.2) is 27.5 Å². The molecule has 1 aromatic rings. The highest BCUT2D eigenvalue weighted by molar-refractivity contribution is 7.89. The third-order valence-corrected chi connectivity index (χ3v) is 3.75. The maximum Gasteiger partial charge on any atom is 0.273 e. The van der Waals surface area contributed by atoms with Crippen LogP contribution in [-0.2, 0) is 10.0 Å². The van der Waals surface area contributed by atoms with Gasteiger partial charge in [0.05, 0.1) is 6.26 Å². The van der Waals surface area contributed by atoms with Crippen molar-refractivity contribution in [3.05, 3.63) is 18.4 Å². The molecule has 1 aliphatic rings. The van der Waals surface area contributed by atoms with Crippen LogP contribution in [0.1, 0.15) is 12.8 Å². The van der Waals surface area contributed by atoms with E-state index in [1.807, 2.05) is 0 Å². The molecule has 1 unspecified atom stereocenters. The summed E-state index contributed by atoms with van der Waals surface area (Å²) >= 11 is 0. The van der Waals surface area contributed by atoms with Crippen molar-refractivity contribution in [2.45, 2.75) is 24.0 Å². The Hall–Kier alpha value is -0.560. The molecule has 1 atom stereocenters. The van der Waals surface area contributed by atoms with Crippen LogP contribution >= 0.6 is 12.4 Å². The van der Waals surface area contributed by atoms with Gasteiger partial charge in [-0.1, -0.05) is 0 Å².